The first-order chi connectivity index (χ1) is 18.5. The van der Waals surface area contributed by atoms with Crippen molar-refractivity contribution in [2.75, 3.05) is 18.9 Å². The van der Waals surface area contributed by atoms with Crippen LogP contribution in [0.15, 0.2) is 59.5 Å². The lowest BCUT2D eigenvalue weighted by Gasteiger charge is -2.21. The number of halogens is 1. The van der Waals surface area contributed by atoms with Crippen LogP contribution in [0.3, 0.4) is 0 Å². The number of hydrogen-bond donors (Lipinski definition) is 3. The summed E-state index contributed by atoms with van der Waals surface area (Å²) >= 11 is 1.35. The summed E-state index contributed by atoms with van der Waals surface area (Å²) < 4.78 is 15.4. The van der Waals surface area contributed by atoms with Gasteiger partial charge in [0.1, 0.15) is 11.4 Å². The van der Waals surface area contributed by atoms with Crippen LogP contribution in [-0.2, 0) is 24.9 Å². The summed E-state index contributed by atoms with van der Waals surface area (Å²) in [6.07, 6.45) is 0.811. The molecule has 2 aromatic heterocycles. The smallest absolute Gasteiger partial charge is 0.257 e. The number of aromatic nitrogens is 1. The Kier molecular flexibility index (Phi) is 8.59. The zero-order chi connectivity index (χ0) is 28.3. The van der Waals surface area contributed by atoms with E-state index in [4.69, 9.17) is 0 Å². The van der Waals surface area contributed by atoms with Crippen molar-refractivity contribution in [3.8, 4) is 0 Å². The Morgan fingerprint density at radius 2 is 1.79 bits per heavy atom. The first-order valence-corrected chi connectivity index (χ1v) is 13.2. The van der Waals surface area contributed by atoms with Gasteiger partial charge in [0.15, 0.2) is 0 Å². The lowest BCUT2D eigenvalue weighted by Crippen LogP contribution is -2.29. The second-order valence-corrected chi connectivity index (χ2v) is 10.7. The van der Waals surface area contributed by atoms with Crippen LogP contribution in [0.4, 0.5) is 10.1 Å². The highest BCUT2D eigenvalue weighted by Gasteiger charge is 2.21. The molecule has 1 unspecified atom stereocenters. The van der Waals surface area contributed by atoms with Gasteiger partial charge in [-0.3, -0.25) is 19.3 Å². The van der Waals surface area contributed by atoms with E-state index in [1.807, 2.05) is 18.9 Å². The van der Waals surface area contributed by atoms with Crippen LogP contribution in [0.2, 0.25) is 0 Å². The minimum Gasteiger partial charge on any atom is -0.387 e. The second kappa shape index (κ2) is 11.9. The zero-order valence-electron chi connectivity index (χ0n) is 22.2. The largest absolute Gasteiger partial charge is 0.387 e. The van der Waals surface area contributed by atoms with Crippen molar-refractivity contribution >= 4 is 39.1 Å². The molecule has 0 radical (unpaired) electrons. The molecule has 0 saturated heterocycles. The zero-order valence-corrected chi connectivity index (χ0v) is 23.1. The van der Waals surface area contributed by atoms with Gasteiger partial charge >= 0.3 is 0 Å². The number of anilines is 1. The number of carbonyl (C=O) groups excluding carboxylic acids is 2. The number of aryl methyl sites for hydroxylation is 2. The highest BCUT2D eigenvalue weighted by atomic mass is 32.1. The predicted molar refractivity (Wildman–Crippen MR) is 151 cm³/mol. The Balaban J connectivity index is 1.48. The number of benzene rings is 2. The topological polar surface area (TPSA) is 104 Å². The van der Waals surface area contributed by atoms with Crippen molar-refractivity contribution in [1.29, 1.82) is 0 Å². The minimum absolute atomic E-state index is 0.0476. The van der Waals surface area contributed by atoms with E-state index in [2.05, 4.69) is 10.6 Å². The summed E-state index contributed by atoms with van der Waals surface area (Å²) in [4.78, 5) is 40.3. The minimum atomic E-state index is -0.737. The van der Waals surface area contributed by atoms with Gasteiger partial charge in [-0.2, -0.15) is 0 Å². The van der Waals surface area contributed by atoms with Gasteiger partial charge in [-0.05, 0) is 54.9 Å². The van der Waals surface area contributed by atoms with Crippen LogP contribution in [0.1, 0.15) is 45.0 Å². The summed E-state index contributed by atoms with van der Waals surface area (Å²) in [6, 6.07) is 12.9. The van der Waals surface area contributed by atoms with Gasteiger partial charge in [0.2, 0.25) is 11.3 Å². The normalized spacial score (nSPS) is 12.1. The van der Waals surface area contributed by atoms with Gasteiger partial charge in [-0.15, -0.1) is 11.3 Å². The molecule has 0 fully saturated rings. The molecule has 204 valence electrons. The Morgan fingerprint density at radius 1 is 1.13 bits per heavy atom. The Hall–Kier alpha value is -3.86. The van der Waals surface area contributed by atoms with Crippen LogP contribution in [0, 0.1) is 12.7 Å². The molecule has 0 spiro atoms. The molecule has 3 N–H and O–H groups in total. The van der Waals surface area contributed by atoms with Gasteiger partial charge in [-0.25, -0.2) is 4.39 Å². The maximum Gasteiger partial charge on any atom is 0.257 e. The molecule has 1 atom stereocenters. The highest BCUT2D eigenvalue weighted by Crippen LogP contribution is 2.30. The molecular weight excluding hydrogens is 519 g/mol. The van der Waals surface area contributed by atoms with E-state index in [1.54, 1.807) is 54.2 Å². The molecule has 0 aliphatic heterocycles. The molecular formula is C29H31FN4O4S. The average Bonchev–Trinajstić information content (AvgIpc) is 3.22. The molecule has 39 heavy (non-hydrogen) atoms. The molecule has 0 bridgehead atoms. The molecule has 2 amide bonds. The third-order valence-corrected chi connectivity index (χ3v) is 7.73. The summed E-state index contributed by atoms with van der Waals surface area (Å²) in [5.41, 5.74) is 3.57. The number of fused-ring (bicyclic) bond motifs is 1. The van der Waals surface area contributed by atoms with Gasteiger partial charge < -0.3 is 20.3 Å². The number of rotatable bonds is 9. The number of likely N-dealkylation sites (N-methyl/N-ethyl adjacent to an activating group) is 1. The highest BCUT2D eigenvalue weighted by molar-refractivity contribution is 7.19. The SMILES string of the molecule is CC(=O)Nc1ccc(C(O)CN(C)Cc2sc3c(=O)c(C(=O)NCc4ccc(F)cc4)cn(C)c3c2C)cc1. The van der Waals surface area contributed by atoms with Crippen molar-refractivity contribution in [2.45, 2.75) is 33.0 Å². The monoisotopic (exact) mass is 550 g/mol. The number of thiophene rings is 1. The van der Waals surface area contributed by atoms with E-state index in [0.717, 1.165) is 27.1 Å². The molecule has 0 aliphatic rings. The van der Waals surface area contributed by atoms with Crippen LogP contribution in [0.25, 0.3) is 10.2 Å². The second-order valence-electron chi connectivity index (χ2n) is 9.64. The van der Waals surface area contributed by atoms with Crippen molar-refractivity contribution in [3.05, 3.63) is 97.9 Å². The fraction of sp³-hybridized carbons (Fsp3) is 0.276. The number of hydrogen-bond acceptors (Lipinski definition) is 6. The molecule has 4 rings (SSSR count). The average molecular weight is 551 g/mol. The number of carbonyl (C=O) groups is 2. The Morgan fingerprint density at radius 3 is 2.44 bits per heavy atom. The van der Waals surface area contributed by atoms with E-state index in [-0.39, 0.29) is 29.3 Å². The molecule has 0 saturated carbocycles. The molecule has 4 aromatic rings. The fourth-order valence-electron chi connectivity index (χ4n) is 4.46. The predicted octanol–water partition coefficient (Wildman–Crippen LogP) is 4.10. The van der Waals surface area contributed by atoms with Gasteiger partial charge in [0.05, 0.1) is 16.3 Å². The third kappa shape index (κ3) is 6.59. The van der Waals surface area contributed by atoms with Crippen molar-refractivity contribution in [1.82, 2.24) is 14.8 Å². The van der Waals surface area contributed by atoms with E-state index in [9.17, 15) is 23.9 Å². The van der Waals surface area contributed by atoms with Crippen LogP contribution in [0.5, 0.6) is 0 Å². The summed E-state index contributed by atoms with van der Waals surface area (Å²) in [5.74, 6) is -1.00. The lowest BCUT2D eigenvalue weighted by atomic mass is 10.1. The van der Waals surface area contributed by atoms with Gasteiger partial charge in [-0.1, -0.05) is 24.3 Å². The number of aliphatic hydroxyl groups is 1. The maximum absolute atomic E-state index is 13.3. The van der Waals surface area contributed by atoms with Crippen LogP contribution in [-0.4, -0.2) is 40.0 Å². The molecule has 2 heterocycles. The molecule has 2 aromatic carbocycles. The van der Waals surface area contributed by atoms with E-state index in [1.165, 1.54) is 30.4 Å². The number of amides is 2. The van der Waals surface area contributed by atoms with Crippen molar-refractivity contribution < 1.29 is 19.1 Å². The summed E-state index contributed by atoms with van der Waals surface area (Å²) in [7, 11) is 3.70. The fourth-order valence-corrected chi connectivity index (χ4v) is 5.84. The Labute approximate surface area is 229 Å². The molecule has 10 heteroatoms. The standard InChI is InChI=1S/C29H31FN4O4S/c1-17-25(16-33(3)15-24(36)20-7-11-22(12-8-20)32-18(2)35)39-28-26(17)34(4)14-23(27(28)37)29(38)31-13-19-5-9-21(30)10-6-19/h5-12,14,24,36H,13,15-16H2,1-4H3,(H,31,38)(H,32,35). The number of pyridine rings is 1. The van der Waals surface area contributed by atoms with Crippen molar-refractivity contribution in [3.63, 3.8) is 0 Å². The summed E-state index contributed by atoms with van der Waals surface area (Å²) in [6.45, 7) is 4.44. The lowest BCUT2D eigenvalue weighted by molar-refractivity contribution is -0.114. The van der Waals surface area contributed by atoms with E-state index < -0.39 is 12.0 Å². The first kappa shape index (κ1) is 28.2. The van der Waals surface area contributed by atoms with Crippen molar-refractivity contribution in [2.24, 2.45) is 7.05 Å². The number of nitrogens with one attached hydrogen (secondary N) is 2. The maximum atomic E-state index is 13.3. The van der Waals surface area contributed by atoms with Crippen LogP contribution < -0.4 is 16.1 Å². The molecule has 0 aliphatic carbocycles. The van der Waals surface area contributed by atoms with E-state index in [0.29, 0.717) is 23.5 Å². The van der Waals surface area contributed by atoms with Gasteiger partial charge in [0.25, 0.3) is 5.91 Å². The Bertz CT molecular complexity index is 1560. The van der Waals surface area contributed by atoms with Gasteiger partial charge in [0, 0.05) is 50.4 Å². The van der Waals surface area contributed by atoms with E-state index >= 15 is 0 Å². The van der Waals surface area contributed by atoms with Crippen LogP contribution >= 0.6 is 11.3 Å². The number of aliphatic hydroxyl groups excluding tert-OH is 1. The number of nitrogens with zero attached hydrogens (tertiary/aromatic N) is 2. The first-order valence-electron chi connectivity index (χ1n) is 12.4. The summed E-state index contributed by atoms with van der Waals surface area (Å²) in [5, 5.41) is 16.2. The molecule has 8 nitrogen and oxygen atoms in total. The quantitative estimate of drug-likeness (QED) is 0.291. The third-order valence-electron chi connectivity index (χ3n) is 6.47.